The number of rotatable bonds is 4. The molecule has 3 amide bonds. The summed E-state index contributed by atoms with van der Waals surface area (Å²) in [5.74, 6) is -0.502. The van der Waals surface area contributed by atoms with Gasteiger partial charge in [0.25, 0.3) is 0 Å². The molecule has 0 aromatic heterocycles. The van der Waals surface area contributed by atoms with Crippen molar-refractivity contribution in [3.63, 3.8) is 0 Å². The van der Waals surface area contributed by atoms with Crippen molar-refractivity contribution in [2.45, 2.75) is 39.2 Å². The van der Waals surface area contributed by atoms with Crippen LogP contribution in [0.2, 0.25) is 0 Å². The van der Waals surface area contributed by atoms with E-state index in [0.29, 0.717) is 18.8 Å². The van der Waals surface area contributed by atoms with Crippen LogP contribution in [-0.4, -0.2) is 36.0 Å². The smallest absolute Gasteiger partial charge is 0.321 e. The van der Waals surface area contributed by atoms with Crippen LogP contribution < -0.4 is 10.6 Å². The van der Waals surface area contributed by atoms with Gasteiger partial charge in [-0.1, -0.05) is 6.92 Å². The first-order chi connectivity index (χ1) is 11.0. The summed E-state index contributed by atoms with van der Waals surface area (Å²) in [5.41, 5.74) is 0.544. The molecule has 2 N–H and O–H groups in total. The molecule has 0 spiro atoms. The average molecular weight is 321 g/mol. The lowest BCUT2D eigenvalue weighted by molar-refractivity contribution is -0.126. The van der Waals surface area contributed by atoms with Gasteiger partial charge in [-0.2, -0.15) is 0 Å². The number of likely N-dealkylation sites (tertiary alicyclic amines) is 1. The number of anilines is 1. The molecular weight excluding hydrogens is 297 g/mol. The van der Waals surface area contributed by atoms with Gasteiger partial charge in [0.2, 0.25) is 5.91 Å². The minimum atomic E-state index is -0.345. The maximum Gasteiger partial charge on any atom is 0.321 e. The third kappa shape index (κ3) is 4.94. The summed E-state index contributed by atoms with van der Waals surface area (Å²) in [5, 5.41) is 5.71. The largest absolute Gasteiger partial charge is 0.353 e. The third-order valence-electron chi connectivity index (χ3n) is 4.18. The number of halogens is 1. The summed E-state index contributed by atoms with van der Waals surface area (Å²) in [4.78, 5) is 26.2. The van der Waals surface area contributed by atoms with E-state index in [4.69, 9.17) is 0 Å². The molecule has 1 saturated heterocycles. The summed E-state index contributed by atoms with van der Waals surface area (Å²) in [6.07, 6.45) is 2.48. The van der Waals surface area contributed by atoms with Crippen LogP contribution in [0.1, 0.15) is 33.1 Å². The van der Waals surface area contributed by atoms with Crippen LogP contribution in [0, 0.1) is 11.7 Å². The Morgan fingerprint density at radius 3 is 2.70 bits per heavy atom. The van der Waals surface area contributed by atoms with Crippen LogP contribution >= 0.6 is 0 Å². The Bertz CT molecular complexity index is 547. The number of carbonyl (C=O) groups excluding carboxylic acids is 2. The Morgan fingerprint density at radius 2 is 2.04 bits per heavy atom. The van der Waals surface area contributed by atoms with Crippen LogP contribution in [0.25, 0.3) is 0 Å². The quantitative estimate of drug-likeness (QED) is 0.895. The van der Waals surface area contributed by atoms with E-state index in [0.717, 1.165) is 19.3 Å². The molecule has 1 fully saturated rings. The summed E-state index contributed by atoms with van der Waals surface area (Å²) in [6, 6.07) is 5.53. The Kier molecular flexibility index (Phi) is 5.96. The molecule has 6 heteroatoms. The second kappa shape index (κ2) is 7.94. The monoisotopic (exact) mass is 321 g/mol. The van der Waals surface area contributed by atoms with Crippen LogP contribution in [-0.2, 0) is 4.79 Å². The van der Waals surface area contributed by atoms with Crippen molar-refractivity contribution in [3.8, 4) is 0 Å². The first kappa shape index (κ1) is 17.2. The van der Waals surface area contributed by atoms with Crippen molar-refractivity contribution >= 4 is 17.6 Å². The van der Waals surface area contributed by atoms with Crippen LogP contribution in [0.5, 0.6) is 0 Å². The first-order valence-electron chi connectivity index (χ1n) is 8.11. The molecule has 2 rings (SSSR count). The zero-order chi connectivity index (χ0) is 16.8. The molecule has 2 atom stereocenters. The normalized spacial score (nSPS) is 19.1. The van der Waals surface area contributed by atoms with Gasteiger partial charge in [0.15, 0.2) is 0 Å². The van der Waals surface area contributed by atoms with Gasteiger partial charge in [-0.15, -0.1) is 0 Å². The van der Waals surface area contributed by atoms with E-state index in [1.807, 2.05) is 13.8 Å². The lowest BCUT2D eigenvalue weighted by Crippen LogP contribution is -2.48. The molecule has 0 bridgehead atoms. The molecule has 126 valence electrons. The van der Waals surface area contributed by atoms with E-state index in [-0.39, 0.29) is 29.7 Å². The highest BCUT2D eigenvalue weighted by Crippen LogP contribution is 2.18. The van der Waals surface area contributed by atoms with Gasteiger partial charge in [0.1, 0.15) is 5.82 Å². The number of hydrogen-bond acceptors (Lipinski definition) is 2. The predicted molar refractivity (Wildman–Crippen MR) is 87.6 cm³/mol. The summed E-state index contributed by atoms with van der Waals surface area (Å²) < 4.78 is 12.9. The van der Waals surface area contributed by atoms with Crippen molar-refractivity contribution in [2.75, 3.05) is 18.4 Å². The molecule has 23 heavy (non-hydrogen) atoms. The third-order valence-corrected chi connectivity index (χ3v) is 4.18. The minimum absolute atomic E-state index is 0.0126. The standard InChI is InChI=1S/C17H24FN3O2/c1-3-12(2)19-16(22)13-5-4-10-21(11-13)17(23)20-15-8-6-14(18)7-9-15/h6-9,12-13H,3-5,10-11H2,1-2H3,(H,19,22)(H,20,23)/t12-,13-/m0/s1. The molecule has 0 saturated carbocycles. The second-order valence-electron chi connectivity index (χ2n) is 6.04. The van der Waals surface area contributed by atoms with E-state index >= 15 is 0 Å². The van der Waals surface area contributed by atoms with Crippen molar-refractivity contribution in [1.82, 2.24) is 10.2 Å². The number of nitrogens with one attached hydrogen (secondary N) is 2. The molecule has 1 aliphatic heterocycles. The van der Waals surface area contributed by atoms with Gasteiger partial charge >= 0.3 is 6.03 Å². The van der Waals surface area contributed by atoms with Gasteiger partial charge in [-0.25, -0.2) is 9.18 Å². The fourth-order valence-corrected chi connectivity index (χ4v) is 2.57. The SMILES string of the molecule is CC[C@H](C)NC(=O)[C@H]1CCCN(C(=O)Nc2ccc(F)cc2)C1. The minimum Gasteiger partial charge on any atom is -0.353 e. The molecule has 0 unspecified atom stereocenters. The fourth-order valence-electron chi connectivity index (χ4n) is 2.57. The summed E-state index contributed by atoms with van der Waals surface area (Å²) >= 11 is 0. The Morgan fingerprint density at radius 1 is 1.35 bits per heavy atom. The van der Waals surface area contributed by atoms with E-state index in [2.05, 4.69) is 10.6 Å². The van der Waals surface area contributed by atoms with Gasteiger partial charge in [-0.3, -0.25) is 4.79 Å². The van der Waals surface area contributed by atoms with Gasteiger partial charge < -0.3 is 15.5 Å². The van der Waals surface area contributed by atoms with E-state index in [9.17, 15) is 14.0 Å². The van der Waals surface area contributed by atoms with Gasteiger partial charge in [0.05, 0.1) is 5.92 Å². The number of amides is 3. The maximum atomic E-state index is 12.9. The zero-order valence-electron chi connectivity index (χ0n) is 13.6. The lowest BCUT2D eigenvalue weighted by Gasteiger charge is -2.32. The van der Waals surface area contributed by atoms with Gasteiger partial charge in [0, 0.05) is 24.8 Å². The average Bonchev–Trinajstić information content (AvgIpc) is 2.56. The van der Waals surface area contributed by atoms with Crippen molar-refractivity contribution in [2.24, 2.45) is 5.92 Å². The highest BCUT2D eigenvalue weighted by molar-refractivity contribution is 5.90. The van der Waals surface area contributed by atoms with Crippen molar-refractivity contribution in [1.29, 1.82) is 0 Å². The Hall–Kier alpha value is -2.11. The maximum absolute atomic E-state index is 12.9. The number of urea groups is 1. The molecular formula is C17H24FN3O2. The fraction of sp³-hybridized carbons (Fsp3) is 0.529. The van der Waals surface area contributed by atoms with Crippen LogP contribution in [0.15, 0.2) is 24.3 Å². The highest BCUT2D eigenvalue weighted by Gasteiger charge is 2.28. The summed E-state index contributed by atoms with van der Waals surface area (Å²) in [6.45, 7) is 5.03. The number of carbonyl (C=O) groups is 2. The van der Waals surface area contributed by atoms with E-state index in [1.165, 1.54) is 24.3 Å². The predicted octanol–water partition coefficient (Wildman–Crippen LogP) is 2.98. The lowest BCUT2D eigenvalue weighted by atomic mass is 9.97. The number of benzene rings is 1. The number of hydrogen-bond donors (Lipinski definition) is 2. The Balaban J connectivity index is 1.90. The number of nitrogens with zero attached hydrogens (tertiary/aromatic N) is 1. The zero-order valence-corrected chi connectivity index (χ0v) is 13.6. The first-order valence-corrected chi connectivity index (χ1v) is 8.11. The van der Waals surface area contributed by atoms with Crippen molar-refractivity contribution in [3.05, 3.63) is 30.1 Å². The second-order valence-corrected chi connectivity index (χ2v) is 6.04. The molecule has 1 aromatic rings. The molecule has 1 aromatic carbocycles. The van der Waals surface area contributed by atoms with Crippen LogP contribution in [0.3, 0.4) is 0 Å². The molecule has 0 radical (unpaired) electrons. The molecule has 1 heterocycles. The van der Waals surface area contributed by atoms with E-state index < -0.39 is 0 Å². The Labute approximate surface area is 136 Å². The highest BCUT2D eigenvalue weighted by atomic mass is 19.1. The molecule has 5 nitrogen and oxygen atoms in total. The molecule has 0 aliphatic carbocycles. The van der Waals surface area contributed by atoms with Gasteiger partial charge in [-0.05, 0) is 50.5 Å². The molecule has 1 aliphatic rings. The van der Waals surface area contributed by atoms with Crippen LogP contribution in [0.4, 0.5) is 14.9 Å². The van der Waals surface area contributed by atoms with Crippen molar-refractivity contribution < 1.29 is 14.0 Å². The topological polar surface area (TPSA) is 61.4 Å². The number of piperidine rings is 1. The van der Waals surface area contributed by atoms with E-state index in [1.54, 1.807) is 4.90 Å². The summed E-state index contributed by atoms with van der Waals surface area (Å²) in [7, 11) is 0.